The first kappa shape index (κ1) is 20.3. The molecular weight excluding hydrogens is 383 g/mol. The Labute approximate surface area is 153 Å². The molecule has 0 heterocycles. The summed E-state index contributed by atoms with van der Waals surface area (Å²) in [5, 5.41) is 8.70. The lowest BCUT2D eigenvalue weighted by Gasteiger charge is -2.11. The van der Waals surface area contributed by atoms with E-state index in [1.807, 2.05) is 6.07 Å². The number of hydrazine groups is 1. The van der Waals surface area contributed by atoms with Gasteiger partial charge in [-0.1, -0.05) is 18.2 Å². The molecule has 0 unspecified atom stereocenters. The van der Waals surface area contributed by atoms with Crippen molar-refractivity contribution >= 4 is 21.4 Å². The molecule has 142 valence electrons. The van der Waals surface area contributed by atoms with E-state index in [1.54, 1.807) is 0 Å². The number of carbonyl (C=O) groups excluding carboxylic acids is 1. The van der Waals surface area contributed by atoms with E-state index in [4.69, 9.17) is 5.26 Å². The van der Waals surface area contributed by atoms with E-state index in [-0.39, 0.29) is 5.69 Å². The Morgan fingerprint density at radius 2 is 1.78 bits per heavy atom. The molecule has 2 rings (SSSR count). The average molecular weight is 397 g/mol. The van der Waals surface area contributed by atoms with Crippen molar-refractivity contribution in [3.8, 4) is 6.07 Å². The van der Waals surface area contributed by atoms with Crippen LogP contribution in [0.25, 0.3) is 0 Å². The number of benzene rings is 2. The Hall–Kier alpha value is -3.06. The summed E-state index contributed by atoms with van der Waals surface area (Å²) in [6, 6.07) is 11.9. The summed E-state index contributed by atoms with van der Waals surface area (Å²) in [5.41, 5.74) is 4.16. The fourth-order valence-electron chi connectivity index (χ4n) is 2.13. The van der Waals surface area contributed by atoms with Crippen molar-refractivity contribution in [3.63, 3.8) is 0 Å². The SMILES string of the molecule is N#Cc1ccc(CS(=O)(=O)CC(=O)NNc2cccc(C(F)(F)F)c2)cc1. The number of rotatable bonds is 6. The van der Waals surface area contributed by atoms with Crippen molar-refractivity contribution in [1.82, 2.24) is 5.43 Å². The van der Waals surface area contributed by atoms with Crippen LogP contribution in [0.3, 0.4) is 0 Å². The summed E-state index contributed by atoms with van der Waals surface area (Å²) in [6.07, 6.45) is -4.54. The molecule has 0 radical (unpaired) electrons. The minimum Gasteiger partial charge on any atom is -0.299 e. The van der Waals surface area contributed by atoms with Gasteiger partial charge < -0.3 is 0 Å². The lowest BCUT2D eigenvalue weighted by atomic mass is 10.2. The first-order valence-corrected chi connectivity index (χ1v) is 9.33. The van der Waals surface area contributed by atoms with E-state index < -0.39 is 39.0 Å². The maximum atomic E-state index is 12.6. The largest absolute Gasteiger partial charge is 0.416 e. The molecule has 0 aliphatic rings. The molecule has 0 atom stereocenters. The summed E-state index contributed by atoms with van der Waals surface area (Å²) in [5.74, 6) is -2.17. The molecule has 2 aromatic rings. The predicted octanol–water partition coefficient (Wildman–Crippen LogP) is 2.64. The topological polar surface area (TPSA) is 99.1 Å². The van der Waals surface area contributed by atoms with Crippen LogP contribution in [0.1, 0.15) is 16.7 Å². The normalized spacial score (nSPS) is 11.5. The van der Waals surface area contributed by atoms with Crippen molar-refractivity contribution in [2.75, 3.05) is 11.2 Å². The third-order valence-electron chi connectivity index (χ3n) is 3.36. The maximum Gasteiger partial charge on any atom is 0.416 e. The van der Waals surface area contributed by atoms with E-state index in [9.17, 15) is 26.4 Å². The van der Waals surface area contributed by atoms with Gasteiger partial charge in [-0.2, -0.15) is 18.4 Å². The van der Waals surface area contributed by atoms with E-state index in [0.29, 0.717) is 11.1 Å². The molecule has 10 heteroatoms. The van der Waals surface area contributed by atoms with Crippen LogP contribution in [0.4, 0.5) is 18.9 Å². The first-order valence-electron chi connectivity index (χ1n) is 7.51. The zero-order valence-corrected chi connectivity index (χ0v) is 14.6. The second-order valence-electron chi connectivity index (χ2n) is 5.59. The number of alkyl halides is 3. The van der Waals surface area contributed by atoms with Gasteiger partial charge in [0, 0.05) is 0 Å². The number of halogens is 3. The molecule has 1 amide bonds. The van der Waals surface area contributed by atoms with Crippen LogP contribution in [-0.4, -0.2) is 20.1 Å². The third-order valence-corrected chi connectivity index (χ3v) is 4.83. The highest BCUT2D eigenvalue weighted by Gasteiger charge is 2.30. The van der Waals surface area contributed by atoms with Gasteiger partial charge in [-0.3, -0.25) is 15.6 Å². The number of nitrogens with zero attached hydrogens (tertiary/aromatic N) is 1. The third kappa shape index (κ3) is 6.31. The number of nitriles is 1. The second-order valence-corrected chi connectivity index (χ2v) is 7.66. The van der Waals surface area contributed by atoms with Crippen LogP contribution in [0, 0.1) is 11.3 Å². The Balaban J connectivity index is 1.93. The van der Waals surface area contributed by atoms with E-state index in [2.05, 4.69) is 10.9 Å². The Bertz CT molecular complexity index is 965. The highest BCUT2D eigenvalue weighted by molar-refractivity contribution is 7.91. The van der Waals surface area contributed by atoms with Crippen molar-refractivity contribution in [2.45, 2.75) is 11.9 Å². The van der Waals surface area contributed by atoms with E-state index in [1.165, 1.54) is 30.3 Å². The molecule has 0 aromatic heterocycles. The Morgan fingerprint density at radius 1 is 1.11 bits per heavy atom. The average Bonchev–Trinajstić information content (AvgIpc) is 2.59. The van der Waals surface area contributed by atoms with Crippen molar-refractivity contribution < 1.29 is 26.4 Å². The standard InChI is InChI=1S/C17H14F3N3O3S/c18-17(19,20)14-2-1-3-15(8-14)22-23-16(24)11-27(25,26)10-13-6-4-12(9-21)5-7-13/h1-8,22H,10-11H2,(H,23,24). The lowest BCUT2D eigenvalue weighted by molar-refractivity contribution is -0.137. The van der Waals surface area contributed by atoms with Gasteiger partial charge in [-0.15, -0.1) is 0 Å². The van der Waals surface area contributed by atoms with Crippen LogP contribution in [0.15, 0.2) is 48.5 Å². The fourth-order valence-corrected chi connectivity index (χ4v) is 3.41. The molecule has 0 aliphatic carbocycles. The monoisotopic (exact) mass is 397 g/mol. The van der Waals surface area contributed by atoms with E-state index >= 15 is 0 Å². The predicted molar refractivity (Wildman–Crippen MR) is 91.9 cm³/mol. The molecule has 27 heavy (non-hydrogen) atoms. The molecule has 0 spiro atoms. The second kappa shape index (κ2) is 8.09. The first-order chi connectivity index (χ1) is 12.6. The van der Waals surface area contributed by atoms with Gasteiger partial charge in [-0.25, -0.2) is 8.42 Å². The maximum absolute atomic E-state index is 12.6. The number of carbonyl (C=O) groups is 1. The number of amides is 1. The molecule has 0 bridgehead atoms. The molecule has 0 fully saturated rings. The highest BCUT2D eigenvalue weighted by atomic mass is 32.2. The zero-order valence-electron chi connectivity index (χ0n) is 13.7. The van der Waals surface area contributed by atoms with Crippen molar-refractivity contribution in [2.24, 2.45) is 0 Å². The van der Waals surface area contributed by atoms with Gasteiger partial charge >= 0.3 is 6.18 Å². The van der Waals surface area contributed by atoms with Crippen LogP contribution in [0.5, 0.6) is 0 Å². The number of hydrogen-bond acceptors (Lipinski definition) is 5. The molecule has 6 nitrogen and oxygen atoms in total. The van der Waals surface area contributed by atoms with Crippen molar-refractivity contribution in [1.29, 1.82) is 5.26 Å². The summed E-state index contributed by atoms with van der Waals surface area (Å²) in [4.78, 5) is 11.8. The summed E-state index contributed by atoms with van der Waals surface area (Å²) in [7, 11) is -3.80. The number of sulfone groups is 1. The fraction of sp³-hybridized carbons (Fsp3) is 0.176. The molecule has 0 saturated heterocycles. The summed E-state index contributed by atoms with van der Waals surface area (Å²) in [6.45, 7) is 0. The van der Waals surface area contributed by atoms with Gasteiger partial charge in [0.05, 0.1) is 28.6 Å². The van der Waals surface area contributed by atoms with Gasteiger partial charge in [-0.05, 0) is 35.9 Å². The Morgan fingerprint density at radius 3 is 2.37 bits per heavy atom. The van der Waals surface area contributed by atoms with Gasteiger partial charge in [0.15, 0.2) is 9.84 Å². The Kier molecular flexibility index (Phi) is 6.07. The van der Waals surface area contributed by atoms with Crippen molar-refractivity contribution in [3.05, 3.63) is 65.2 Å². The number of nitrogens with one attached hydrogen (secondary N) is 2. The zero-order chi connectivity index (χ0) is 20.1. The van der Waals surface area contributed by atoms with Crippen LogP contribution in [-0.2, 0) is 26.6 Å². The lowest BCUT2D eigenvalue weighted by Crippen LogP contribution is -2.35. The summed E-state index contributed by atoms with van der Waals surface area (Å²) >= 11 is 0. The molecule has 0 aliphatic heterocycles. The molecular formula is C17H14F3N3O3S. The van der Waals surface area contributed by atoms with Crippen LogP contribution >= 0.6 is 0 Å². The quantitative estimate of drug-likeness (QED) is 0.730. The molecule has 2 aromatic carbocycles. The number of hydrogen-bond donors (Lipinski definition) is 2. The highest BCUT2D eigenvalue weighted by Crippen LogP contribution is 2.30. The molecule has 0 saturated carbocycles. The van der Waals surface area contributed by atoms with Crippen LogP contribution < -0.4 is 10.9 Å². The number of anilines is 1. The minimum atomic E-state index is -4.54. The minimum absolute atomic E-state index is 0.0392. The van der Waals surface area contributed by atoms with Gasteiger partial charge in [0.2, 0.25) is 0 Å². The summed E-state index contributed by atoms with van der Waals surface area (Å²) < 4.78 is 62.0. The van der Waals surface area contributed by atoms with Gasteiger partial charge in [0.25, 0.3) is 5.91 Å². The van der Waals surface area contributed by atoms with E-state index in [0.717, 1.165) is 18.2 Å². The van der Waals surface area contributed by atoms with Gasteiger partial charge in [0.1, 0.15) is 5.75 Å². The molecule has 2 N–H and O–H groups in total. The van der Waals surface area contributed by atoms with Crippen LogP contribution in [0.2, 0.25) is 0 Å². The smallest absolute Gasteiger partial charge is 0.299 e.